The molecule has 2 saturated heterocycles. The Labute approximate surface area is 117 Å². The van der Waals surface area contributed by atoms with Crippen LogP contribution in [-0.2, 0) is 21.1 Å². The summed E-state index contributed by atoms with van der Waals surface area (Å²) < 4.78 is 28.6. The lowest BCUT2D eigenvalue weighted by molar-refractivity contribution is 0.0779. The SMILES string of the molecule is NCc1cccc(N2CC3(CCS(=O)(=O)C3)OC2=O)c1. The lowest BCUT2D eigenvalue weighted by Gasteiger charge is -2.18. The molecule has 2 heterocycles. The van der Waals surface area contributed by atoms with E-state index in [1.54, 1.807) is 6.07 Å². The van der Waals surface area contributed by atoms with Crippen LogP contribution in [0.1, 0.15) is 12.0 Å². The van der Waals surface area contributed by atoms with Crippen LogP contribution in [0.4, 0.5) is 10.5 Å². The van der Waals surface area contributed by atoms with E-state index in [9.17, 15) is 13.2 Å². The van der Waals surface area contributed by atoms with E-state index < -0.39 is 21.5 Å². The predicted molar refractivity (Wildman–Crippen MR) is 74.2 cm³/mol. The predicted octanol–water partition coefficient (Wildman–Crippen LogP) is 0.659. The van der Waals surface area contributed by atoms with Crippen molar-refractivity contribution in [1.29, 1.82) is 0 Å². The lowest BCUT2D eigenvalue weighted by atomic mass is 10.0. The summed E-state index contributed by atoms with van der Waals surface area (Å²) >= 11 is 0. The minimum atomic E-state index is -3.10. The van der Waals surface area contributed by atoms with Gasteiger partial charge in [-0.1, -0.05) is 12.1 Å². The molecule has 0 saturated carbocycles. The van der Waals surface area contributed by atoms with Crippen LogP contribution in [0, 0.1) is 0 Å². The molecule has 1 aromatic rings. The Bertz CT molecular complexity index is 658. The Kier molecular flexibility index (Phi) is 2.98. The molecule has 1 spiro atoms. The van der Waals surface area contributed by atoms with Crippen molar-refractivity contribution in [3.05, 3.63) is 29.8 Å². The Morgan fingerprint density at radius 3 is 2.85 bits per heavy atom. The van der Waals surface area contributed by atoms with E-state index in [0.29, 0.717) is 18.7 Å². The van der Waals surface area contributed by atoms with Crippen molar-refractivity contribution in [2.24, 2.45) is 5.73 Å². The molecule has 0 aromatic heterocycles. The van der Waals surface area contributed by atoms with E-state index in [1.165, 1.54) is 4.90 Å². The normalized spacial score (nSPS) is 28.1. The minimum Gasteiger partial charge on any atom is -0.440 e. The molecule has 2 fully saturated rings. The zero-order chi connectivity index (χ0) is 14.4. The number of carbonyl (C=O) groups excluding carboxylic acids is 1. The maximum Gasteiger partial charge on any atom is 0.415 e. The number of nitrogens with zero attached hydrogens (tertiary/aromatic N) is 1. The Balaban J connectivity index is 1.87. The van der Waals surface area contributed by atoms with Gasteiger partial charge < -0.3 is 10.5 Å². The quantitative estimate of drug-likeness (QED) is 0.866. The topological polar surface area (TPSA) is 89.7 Å². The van der Waals surface area contributed by atoms with Crippen molar-refractivity contribution in [2.45, 2.75) is 18.6 Å². The van der Waals surface area contributed by atoms with Gasteiger partial charge in [0.05, 0.1) is 18.1 Å². The summed E-state index contributed by atoms with van der Waals surface area (Å²) in [5, 5.41) is 0. The zero-order valence-electron chi connectivity index (χ0n) is 10.9. The van der Waals surface area contributed by atoms with Crippen LogP contribution in [0.5, 0.6) is 0 Å². The molecule has 7 heteroatoms. The molecule has 20 heavy (non-hydrogen) atoms. The number of rotatable bonds is 2. The highest BCUT2D eigenvalue weighted by Gasteiger charge is 2.52. The van der Waals surface area contributed by atoms with Gasteiger partial charge in [0, 0.05) is 18.7 Å². The van der Waals surface area contributed by atoms with Gasteiger partial charge in [-0.05, 0) is 17.7 Å². The van der Waals surface area contributed by atoms with Gasteiger partial charge >= 0.3 is 6.09 Å². The highest BCUT2D eigenvalue weighted by atomic mass is 32.2. The molecule has 1 atom stereocenters. The first-order valence-corrected chi connectivity index (χ1v) is 8.25. The molecule has 1 unspecified atom stereocenters. The van der Waals surface area contributed by atoms with E-state index in [1.807, 2.05) is 18.2 Å². The summed E-state index contributed by atoms with van der Waals surface area (Å²) in [5.74, 6) is -0.00419. The van der Waals surface area contributed by atoms with Crippen LogP contribution >= 0.6 is 0 Å². The summed E-state index contributed by atoms with van der Waals surface area (Å²) in [7, 11) is -3.10. The molecule has 2 aliphatic heterocycles. The average Bonchev–Trinajstić information content (AvgIpc) is 2.89. The van der Waals surface area contributed by atoms with Crippen molar-refractivity contribution < 1.29 is 17.9 Å². The van der Waals surface area contributed by atoms with Gasteiger partial charge in [0.25, 0.3) is 0 Å². The van der Waals surface area contributed by atoms with Crippen LogP contribution in [0.3, 0.4) is 0 Å². The molecule has 0 bridgehead atoms. The van der Waals surface area contributed by atoms with Crippen LogP contribution in [-0.4, -0.2) is 38.2 Å². The third kappa shape index (κ3) is 2.27. The van der Waals surface area contributed by atoms with Gasteiger partial charge in [0.2, 0.25) is 0 Å². The lowest BCUT2D eigenvalue weighted by Crippen LogP contribution is -2.35. The molecular weight excluding hydrogens is 280 g/mol. The second kappa shape index (κ2) is 4.46. The van der Waals surface area contributed by atoms with E-state index in [2.05, 4.69) is 0 Å². The molecule has 1 amide bonds. The fourth-order valence-electron chi connectivity index (χ4n) is 2.77. The highest BCUT2D eigenvalue weighted by molar-refractivity contribution is 7.91. The van der Waals surface area contributed by atoms with Crippen molar-refractivity contribution in [1.82, 2.24) is 0 Å². The molecule has 0 aliphatic carbocycles. The van der Waals surface area contributed by atoms with Gasteiger partial charge in [-0.15, -0.1) is 0 Å². The van der Waals surface area contributed by atoms with E-state index >= 15 is 0 Å². The van der Waals surface area contributed by atoms with E-state index in [0.717, 1.165) is 5.56 Å². The highest BCUT2D eigenvalue weighted by Crippen LogP contribution is 2.36. The molecular formula is C13H16N2O4S. The second-order valence-electron chi connectivity index (χ2n) is 5.35. The van der Waals surface area contributed by atoms with Crippen molar-refractivity contribution in [3.63, 3.8) is 0 Å². The number of sulfone groups is 1. The fraction of sp³-hybridized carbons (Fsp3) is 0.462. The third-order valence-electron chi connectivity index (χ3n) is 3.78. The van der Waals surface area contributed by atoms with Gasteiger partial charge in [-0.3, -0.25) is 4.90 Å². The molecule has 0 radical (unpaired) electrons. The fourth-order valence-corrected chi connectivity index (χ4v) is 4.69. The van der Waals surface area contributed by atoms with E-state index in [4.69, 9.17) is 10.5 Å². The van der Waals surface area contributed by atoms with E-state index in [-0.39, 0.29) is 18.1 Å². The third-order valence-corrected chi connectivity index (χ3v) is 5.57. The zero-order valence-corrected chi connectivity index (χ0v) is 11.7. The summed E-state index contributed by atoms with van der Waals surface area (Å²) in [5.41, 5.74) is 6.31. The van der Waals surface area contributed by atoms with Crippen molar-refractivity contribution >= 4 is 21.6 Å². The van der Waals surface area contributed by atoms with Crippen LogP contribution < -0.4 is 10.6 Å². The van der Waals surface area contributed by atoms with Gasteiger partial charge in [-0.2, -0.15) is 0 Å². The first kappa shape index (κ1) is 13.4. The number of hydrogen-bond donors (Lipinski definition) is 1. The molecule has 2 N–H and O–H groups in total. The van der Waals surface area contributed by atoms with Gasteiger partial charge in [0.15, 0.2) is 9.84 Å². The standard InChI is InChI=1S/C13H16N2O4S/c14-7-10-2-1-3-11(6-10)15-8-13(19-12(15)16)4-5-20(17,18)9-13/h1-3,6H,4-5,7-9,14H2. The smallest absolute Gasteiger partial charge is 0.415 e. The average molecular weight is 296 g/mol. The largest absolute Gasteiger partial charge is 0.440 e. The summed E-state index contributed by atoms with van der Waals surface area (Å²) in [6.45, 7) is 0.662. The first-order valence-electron chi connectivity index (χ1n) is 6.43. The van der Waals surface area contributed by atoms with Crippen molar-refractivity contribution in [3.8, 4) is 0 Å². The monoisotopic (exact) mass is 296 g/mol. The summed E-state index contributed by atoms with van der Waals surface area (Å²) in [4.78, 5) is 13.5. The number of amides is 1. The molecule has 108 valence electrons. The molecule has 1 aromatic carbocycles. The number of nitrogens with two attached hydrogens (primary N) is 1. The summed E-state index contributed by atoms with van der Waals surface area (Å²) in [6.07, 6.45) is -0.120. The van der Waals surface area contributed by atoms with Crippen LogP contribution in [0.15, 0.2) is 24.3 Å². The molecule has 3 rings (SSSR count). The first-order chi connectivity index (χ1) is 9.43. The number of anilines is 1. The Hall–Kier alpha value is -1.60. The Morgan fingerprint density at radius 1 is 1.40 bits per heavy atom. The van der Waals surface area contributed by atoms with Gasteiger partial charge in [0.1, 0.15) is 5.60 Å². The van der Waals surface area contributed by atoms with Gasteiger partial charge in [-0.25, -0.2) is 13.2 Å². The van der Waals surface area contributed by atoms with Crippen LogP contribution in [0.25, 0.3) is 0 Å². The minimum absolute atomic E-state index is 0.0803. The van der Waals surface area contributed by atoms with Crippen LogP contribution in [0.2, 0.25) is 0 Å². The maximum atomic E-state index is 12.0. The number of benzene rings is 1. The maximum absolute atomic E-state index is 12.0. The number of hydrogen-bond acceptors (Lipinski definition) is 5. The molecule has 6 nitrogen and oxygen atoms in total. The number of ether oxygens (including phenoxy) is 1. The summed E-state index contributed by atoms with van der Waals surface area (Å²) in [6, 6.07) is 7.31. The Morgan fingerprint density at radius 2 is 2.20 bits per heavy atom. The number of carbonyl (C=O) groups is 1. The molecule has 2 aliphatic rings. The van der Waals surface area contributed by atoms with Crippen molar-refractivity contribution in [2.75, 3.05) is 23.0 Å². The second-order valence-corrected chi connectivity index (χ2v) is 7.54.